The normalized spacial score (nSPS) is 18.6. The summed E-state index contributed by atoms with van der Waals surface area (Å²) in [5.41, 5.74) is 13.5. The molecule has 1 aliphatic heterocycles. The second-order valence-electron chi connectivity index (χ2n) is 11.3. The number of aryl methyl sites for hydroxylation is 1. The highest BCUT2D eigenvalue weighted by Gasteiger charge is 2.45. The molecule has 0 aromatic heterocycles. The maximum Gasteiger partial charge on any atom is 0.162 e. The van der Waals surface area contributed by atoms with E-state index in [4.69, 9.17) is 5.73 Å². The summed E-state index contributed by atoms with van der Waals surface area (Å²) in [7, 11) is 0. The molecule has 5 rings (SSSR count). The monoisotopic (exact) mass is 615 g/mol. The van der Waals surface area contributed by atoms with Gasteiger partial charge in [-0.2, -0.15) is 5.26 Å². The first-order chi connectivity index (χ1) is 19.0. The fourth-order valence-corrected chi connectivity index (χ4v) is 7.17. The molecule has 1 heterocycles. The number of nitriles is 1. The zero-order valence-electron chi connectivity index (χ0n) is 23.0. The van der Waals surface area contributed by atoms with Crippen LogP contribution in [0, 0.1) is 36.4 Å². The van der Waals surface area contributed by atoms with Gasteiger partial charge in [0.1, 0.15) is 11.6 Å². The summed E-state index contributed by atoms with van der Waals surface area (Å²) < 4.78 is 14.3. The Balaban J connectivity index is 1.67. The van der Waals surface area contributed by atoms with Crippen LogP contribution in [-0.4, -0.2) is 5.78 Å². The average Bonchev–Trinajstić information content (AvgIpc) is 2.88. The van der Waals surface area contributed by atoms with Crippen LogP contribution in [-0.2, 0) is 10.5 Å². The van der Waals surface area contributed by atoms with E-state index in [0.29, 0.717) is 35.6 Å². The number of rotatable bonds is 5. The summed E-state index contributed by atoms with van der Waals surface area (Å²) in [6.07, 6.45) is 1.07. The van der Waals surface area contributed by atoms with E-state index in [1.807, 2.05) is 36.1 Å². The Morgan fingerprint density at radius 3 is 2.52 bits per heavy atom. The van der Waals surface area contributed by atoms with Crippen molar-refractivity contribution in [2.24, 2.45) is 11.1 Å². The number of Topliss-reactive ketones (excluding diaryl/α,β-unsaturated/α-hetero) is 1. The number of carbonyl (C=O) groups excluding carboxylic acids is 1. The van der Waals surface area contributed by atoms with Crippen LogP contribution in [0.2, 0.25) is 0 Å². The minimum absolute atomic E-state index is 0.0552. The lowest BCUT2D eigenvalue weighted by molar-refractivity contribution is -0.118. The van der Waals surface area contributed by atoms with Crippen molar-refractivity contribution in [3.05, 3.63) is 116 Å². The number of carbonyl (C=O) groups is 1. The molecule has 0 spiro atoms. The number of halogens is 2. The Morgan fingerprint density at radius 2 is 1.85 bits per heavy atom. The van der Waals surface area contributed by atoms with Crippen LogP contribution in [0.1, 0.15) is 54.9 Å². The van der Waals surface area contributed by atoms with Gasteiger partial charge in [-0.3, -0.25) is 9.69 Å². The Kier molecular flexibility index (Phi) is 7.69. The van der Waals surface area contributed by atoms with Gasteiger partial charge in [-0.25, -0.2) is 4.39 Å². The lowest BCUT2D eigenvalue weighted by Crippen LogP contribution is -2.42. The maximum absolute atomic E-state index is 14.0. The third-order valence-corrected chi connectivity index (χ3v) is 9.22. The number of ketones is 1. The highest BCUT2D eigenvalue weighted by molar-refractivity contribution is 9.10. The zero-order chi connectivity index (χ0) is 28.8. The molecule has 0 fully saturated rings. The van der Waals surface area contributed by atoms with E-state index in [1.165, 1.54) is 12.1 Å². The molecular formula is C33H31BrFN3OS. The molecule has 40 heavy (non-hydrogen) atoms. The van der Waals surface area contributed by atoms with Gasteiger partial charge in [0.25, 0.3) is 0 Å². The summed E-state index contributed by atoms with van der Waals surface area (Å²) in [5, 5.41) is 10.5. The average molecular weight is 617 g/mol. The third kappa shape index (κ3) is 5.35. The van der Waals surface area contributed by atoms with Gasteiger partial charge in [0.2, 0.25) is 0 Å². The number of thioether (sulfide) groups is 1. The molecule has 0 bridgehead atoms. The van der Waals surface area contributed by atoms with Gasteiger partial charge in [0.15, 0.2) is 5.78 Å². The summed E-state index contributed by atoms with van der Waals surface area (Å²) in [6.45, 7) is 8.29. The van der Waals surface area contributed by atoms with Gasteiger partial charge in [-0.1, -0.05) is 53.5 Å². The van der Waals surface area contributed by atoms with Crippen LogP contribution in [0.5, 0.6) is 0 Å². The van der Waals surface area contributed by atoms with Crippen LogP contribution in [0.3, 0.4) is 0 Å². The van der Waals surface area contributed by atoms with Crippen molar-refractivity contribution >= 4 is 39.2 Å². The largest absolute Gasteiger partial charge is 0.384 e. The second kappa shape index (κ2) is 10.9. The SMILES string of the molecule is Cc1cc(CSc2ccc(F)cc2)c(C)c(C2C(C#N)=C(N)N(c3cccc(Br)c3)C3=C2C(=O)CC(C)(C)C3)c1. The van der Waals surface area contributed by atoms with Crippen molar-refractivity contribution in [2.75, 3.05) is 4.90 Å². The molecule has 0 amide bonds. The molecule has 2 aliphatic rings. The highest BCUT2D eigenvalue weighted by atomic mass is 79.9. The first-order valence-corrected chi connectivity index (χ1v) is 15.0. The lowest BCUT2D eigenvalue weighted by Gasteiger charge is -2.44. The number of hydrogen-bond acceptors (Lipinski definition) is 5. The Labute approximate surface area is 247 Å². The van der Waals surface area contributed by atoms with Crippen LogP contribution >= 0.6 is 27.7 Å². The van der Waals surface area contributed by atoms with Gasteiger partial charge >= 0.3 is 0 Å². The van der Waals surface area contributed by atoms with E-state index in [9.17, 15) is 14.4 Å². The molecule has 0 saturated carbocycles. The number of anilines is 1. The number of hydrogen-bond donors (Lipinski definition) is 1. The predicted octanol–water partition coefficient (Wildman–Crippen LogP) is 8.44. The Hall–Kier alpha value is -3.34. The van der Waals surface area contributed by atoms with Crippen LogP contribution in [0.4, 0.5) is 10.1 Å². The van der Waals surface area contributed by atoms with E-state index in [2.05, 4.69) is 54.9 Å². The fraction of sp³-hybridized carbons (Fsp3) is 0.273. The number of nitrogens with two attached hydrogens (primary N) is 1. The number of nitrogens with zero attached hydrogens (tertiary/aromatic N) is 2. The summed E-state index contributed by atoms with van der Waals surface area (Å²) in [4.78, 5) is 16.8. The molecule has 3 aromatic rings. The minimum atomic E-state index is -0.540. The first kappa shape index (κ1) is 28.2. The van der Waals surface area contributed by atoms with Gasteiger partial charge in [0.05, 0.1) is 17.6 Å². The molecule has 2 N–H and O–H groups in total. The molecule has 4 nitrogen and oxygen atoms in total. The quantitative estimate of drug-likeness (QED) is 0.292. The fourth-order valence-electron chi connectivity index (χ4n) is 5.84. The van der Waals surface area contributed by atoms with Crippen LogP contribution < -0.4 is 10.6 Å². The van der Waals surface area contributed by atoms with Crippen molar-refractivity contribution in [1.29, 1.82) is 5.26 Å². The maximum atomic E-state index is 14.0. The van der Waals surface area contributed by atoms with Crippen molar-refractivity contribution in [1.82, 2.24) is 0 Å². The lowest BCUT2D eigenvalue weighted by atomic mass is 9.68. The van der Waals surface area contributed by atoms with E-state index in [0.717, 1.165) is 43.0 Å². The van der Waals surface area contributed by atoms with E-state index >= 15 is 0 Å². The highest BCUT2D eigenvalue weighted by Crippen LogP contribution is 2.51. The first-order valence-electron chi connectivity index (χ1n) is 13.2. The molecule has 3 aromatic carbocycles. The molecule has 204 valence electrons. The topological polar surface area (TPSA) is 70.1 Å². The summed E-state index contributed by atoms with van der Waals surface area (Å²) in [6, 6.07) is 20.9. The number of benzene rings is 3. The standard InChI is InChI=1S/C33H31BrFN3OS/c1-19-12-21(18-40-25-10-8-23(35)9-11-25)20(2)26(13-19)30-27(17-36)32(37)38(24-7-5-6-22(34)14-24)28-15-33(3,4)16-29(39)31(28)30/h5-14,30H,15-16,18,37H2,1-4H3. The van der Waals surface area contributed by atoms with E-state index in [1.54, 1.807) is 23.9 Å². The molecule has 1 atom stereocenters. The van der Waals surface area contributed by atoms with Gasteiger partial charge < -0.3 is 5.73 Å². The summed E-state index contributed by atoms with van der Waals surface area (Å²) >= 11 is 5.19. The van der Waals surface area contributed by atoms with Crippen LogP contribution in [0.25, 0.3) is 0 Å². The minimum Gasteiger partial charge on any atom is -0.384 e. The van der Waals surface area contributed by atoms with Gasteiger partial charge in [0, 0.05) is 38.5 Å². The number of allylic oxidation sites excluding steroid dienone is 3. The van der Waals surface area contributed by atoms with Crippen molar-refractivity contribution in [2.45, 2.75) is 57.1 Å². The molecule has 1 unspecified atom stereocenters. The van der Waals surface area contributed by atoms with Gasteiger partial charge in [-0.05, 0) is 84.8 Å². The molecule has 7 heteroatoms. The van der Waals surface area contributed by atoms with Crippen molar-refractivity contribution in [3.63, 3.8) is 0 Å². The molecule has 1 aliphatic carbocycles. The van der Waals surface area contributed by atoms with Gasteiger partial charge in [-0.15, -0.1) is 11.8 Å². The predicted molar refractivity (Wildman–Crippen MR) is 163 cm³/mol. The van der Waals surface area contributed by atoms with Crippen LogP contribution in [0.15, 0.2) is 92.7 Å². The zero-order valence-corrected chi connectivity index (χ0v) is 25.4. The molecule has 0 saturated heterocycles. The Bertz CT molecular complexity index is 1620. The molecule has 0 radical (unpaired) electrons. The summed E-state index contributed by atoms with van der Waals surface area (Å²) in [5.74, 6) is 0.293. The second-order valence-corrected chi connectivity index (χ2v) is 13.3. The van der Waals surface area contributed by atoms with Crippen molar-refractivity contribution < 1.29 is 9.18 Å². The van der Waals surface area contributed by atoms with Crippen molar-refractivity contribution in [3.8, 4) is 6.07 Å². The third-order valence-electron chi connectivity index (χ3n) is 7.67. The Morgan fingerprint density at radius 1 is 1.12 bits per heavy atom. The van der Waals surface area contributed by atoms with E-state index < -0.39 is 5.92 Å². The molecular weight excluding hydrogens is 585 g/mol. The van der Waals surface area contributed by atoms with E-state index in [-0.39, 0.29) is 17.0 Å². The smallest absolute Gasteiger partial charge is 0.162 e.